The van der Waals surface area contributed by atoms with E-state index in [-0.39, 0.29) is 18.9 Å². The van der Waals surface area contributed by atoms with Crippen LogP contribution in [0.1, 0.15) is 32.1 Å². The molecule has 0 radical (unpaired) electrons. The molecule has 0 bridgehead atoms. The summed E-state index contributed by atoms with van der Waals surface area (Å²) < 4.78 is 0. The number of hydrogen-bond donors (Lipinski definition) is 3. The van der Waals surface area contributed by atoms with Gasteiger partial charge in [-0.2, -0.15) is 0 Å². The highest BCUT2D eigenvalue weighted by molar-refractivity contribution is 5.84. The maximum atomic E-state index is 11.8. The highest BCUT2D eigenvalue weighted by Crippen LogP contribution is 2.19. The molecule has 1 saturated heterocycles. The van der Waals surface area contributed by atoms with Gasteiger partial charge in [-0.15, -0.1) is 0 Å². The quantitative estimate of drug-likeness (QED) is 0.587. The first-order valence-electron chi connectivity index (χ1n) is 5.96. The van der Waals surface area contributed by atoms with Gasteiger partial charge in [0.15, 0.2) is 0 Å². The third-order valence-corrected chi connectivity index (χ3v) is 3.06. The predicted molar refractivity (Wildman–Crippen MR) is 61.3 cm³/mol. The summed E-state index contributed by atoms with van der Waals surface area (Å²) >= 11 is 0. The monoisotopic (exact) mass is 244 g/mol. The summed E-state index contributed by atoms with van der Waals surface area (Å²) in [6, 6.07) is -0.665. The van der Waals surface area contributed by atoms with Gasteiger partial charge in [0.2, 0.25) is 5.91 Å². The number of likely N-dealkylation sites (tertiary alicyclic amines) is 1. The highest BCUT2D eigenvalue weighted by Gasteiger charge is 2.33. The number of amides is 1. The van der Waals surface area contributed by atoms with E-state index in [0.29, 0.717) is 25.8 Å². The molecule has 0 aromatic rings. The number of carbonyl (C=O) groups is 2. The van der Waals surface area contributed by atoms with Crippen LogP contribution in [0.2, 0.25) is 0 Å². The molecule has 98 valence electrons. The largest absolute Gasteiger partial charge is 0.480 e. The van der Waals surface area contributed by atoms with Crippen molar-refractivity contribution in [3.8, 4) is 0 Å². The van der Waals surface area contributed by atoms with Crippen molar-refractivity contribution in [3.63, 3.8) is 0 Å². The molecule has 2 atom stereocenters. The molecule has 0 aliphatic carbocycles. The normalized spacial score (nSPS) is 21.5. The van der Waals surface area contributed by atoms with Crippen LogP contribution in [0.15, 0.2) is 0 Å². The van der Waals surface area contributed by atoms with Crippen molar-refractivity contribution in [2.45, 2.75) is 44.2 Å². The fourth-order valence-corrected chi connectivity index (χ4v) is 2.07. The summed E-state index contributed by atoms with van der Waals surface area (Å²) in [6.45, 7) is 0.713. The van der Waals surface area contributed by atoms with Crippen LogP contribution in [0.25, 0.3) is 0 Å². The van der Waals surface area contributed by atoms with Gasteiger partial charge in [0, 0.05) is 19.5 Å². The number of nitrogens with two attached hydrogens (primary N) is 1. The van der Waals surface area contributed by atoms with Gasteiger partial charge in [0.25, 0.3) is 0 Å². The van der Waals surface area contributed by atoms with Gasteiger partial charge in [0.05, 0.1) is 6.10 Å². The standard InChI is InChI=1S/C11H20N2O4/c12-7-8(14)3-1-5-10(15)13-6-2-4-9(13)11(16)17/h8-9,14H,1-7,12H2,(H,16,17)/t8-,9?/m1/s1. The lowest BCUT2D eigenvalue weighted by molar-refractivity contribution is -0.148. The molecule has 1 aliphatic rings. The van der Waals surface area contributed by atoms with Gasteiger partial charge in [0.1, 0.15) is 6.04 Å². The summed E-state index contributed by atoms with van der Waals surface area (Å²) in [4.78, 5) is 24.1. The van der Waals surface area contributed by atoms with E-state index in [9.17, 15) is 14.7 Å². The van der Waals surface area contributed by atoms with Gasteiger partial charge in [-0.25, -0.2) is 4.79 Å². The van der Waals surface area contributed by atoms with Gasteiger partial charge < -0.3 is 20.8 Å². The molecule has 0 aromatic heterocycles. The lowest BCUT2D eigenvalue weighted by Gasteiger charge is -2.21. The van der Waals surface area contributed by atoms with Crippen molar-refractivity contribution in [3.05, 3.63) is 0 Å². The first-order chi connectivity index (χ1) is 8.06. The van der Waals surface area contributed by atoms with Gasteiger partial charge >= 0.3 is 5.97 Å². The summed E-state index contributed by atoms with van der Waals surface area (Å²) in [5.41, 5.74) is 5.25. The Kier molecular flexibility index (Phi) is 5.37. The van der Waals surface area contributed by atoms with Crippen molar-refractivity contribution in [1.29, 1.82) is 0 Å². The average molecular weight is 244 g/mol. The van der Waals surface area contributed by atoms with Crippen molar-refractivity contribution >= 4 is 11.9 Å². The predicted octanol–water partition coefficient (Wildman–Crippen LogP) is -0.448. The SMILES string of the molecule is NC[C@H](O)CCCC(=O)N1CCCC1C(=O)O. The molecule has 1 unspecified atom stereocenters. The van der Waals surface area contributed by atoms with Crippen LogP contribution in [0.5, 0.6) is 0 Å². The van der Waals surface area contributed by atoms with E-state index in [1.807, 2.05) is 0 Å². The minimum absolute atomic E-state index is 0.140. The molecule has 1 heterocycles. The Morgan fingerprint density at radius 2 is 2.18 bits per heavy atom. The lowest BCUT2D eigenvalue weighted by atomic mass is 10.1. The Morgan fingerprint density at radius 1 is 1.47 bits per heavy atom. The average Bonchev–Trinajstić information content (AvgIpc) is 2.77. The number of carbonyl (C=O) groups excluding carboxylic acids is 1. The Hall–Kier alpha value is -1.14. The molecule has 17 heavy (non-hydrogen) atoms. The topological polar surface area (TPSA) is 104 Å². The maximum Gasteiger partial charge on any atom is 0.326 e. The molecular formula is C11H20N2O4. The number of aliphatic hydroxyl groups excluding tert-OH is 1. The van der Waals surface area contributed by atoms with E-state index in [4.69, 9.17) is 10.8 Å². The van der Waals surface area contributed by atoms with Crippen LogP contribution in [-0.4, -0.2) is 52.2 Å². The molecule has 6 heteroatoms. The van der Waals surface area contributed by atoms with Crippen LogP contribution in [0.3, 0.4) is 0 Å². The van der Waals surface area contributed by atoms with E-state index in [0.717, 1.165) is 6.42 Å². The van der Waals surface area contributed by atoms with Crippen molar-refractivity contribution in [2.24, 2.45) is 5.73 Å². The van der Waals surface area contributed by atoms with Crippen LogP contribution in [-0.2, 0) is 9.59 Å². The third-order valence-electron chi connectivity index (χ3n) is 3.06. The number of carboxylic acids is 1. The minimum Gasteiger partial charge on any atom is -0.480 e. The van der Waals surface area contributed by atoms with Gasteiger partial charge in [-0.3, -0.25) is 4.79 Å². The molecule has 4 N–H and O–H groups in total. The van der Waals surface area contributed by atoms with Crippen molar-refractivity contribution < 1.29 is 19.8 Å². The summed E-state index contributed by atoms with van der Waals surface area (Å²) in [6.07, 6.45) is 2.01. The Bertz CT molecular complexity index is 283. The second-order valence-electron chi connectivity index (χ2n) is 4.37. The zero-order valence-electron chi connectivity index (χ0n) is 9.84. The van der Waals surface area contributed by atoms with Crippen LogP contribution in [0, 0.1) is 0 Å². The van der Waals surface area contributed by atoms with Crippen LogP contribution >= 0.6 is 0 Å². The molecule has 0 saturated carbocycles. The summed E-state index contributed by atoms with van der Waals surface area (Å²) in [5.74, 6) is -1.07. The van der Waals surface area contributed by atoms with E-state index >= 15 is 0 Å². The molecular weight excluding hydrogens is 224 g/mol. The Morgan fingerprint density at radius 3 is 2.76 bits per heavy atom. The third kappa shape index (κ3) is 3.98. The van der Waals surface area contributed by atoms with E-state index in [2.05, 4.69) is 0 Å². The molecule has 1 aliphatic heterocycles. The zero-order chi connectivity index (χ0) is 12.8. The first-order valence-corrected chi connectivity index (χ1v) is 5.96. The smallest absolute Gasteiger partial charge is 0.326 e. The molecule has 0 spiro atoms. The van der Waals surface area contributed by atoms with Gasteiger partial charge in [-0.1, -0.05) is 0 Å². The fourth-order valence-electron chi connectivity index (χ4n) is 2.07. The van der Waals surface area contributed by atoms with Crippen LogP contribution < -0.4 is 5.73 Å². The maximum absolute atomic E-state index is 11.8. The number of nitrogens with zero attached hydrogens (tertiary/aromatic N) is 1. The number of hydrogen-bond acceptors (Lipinski definition) is 4. The fraction of sp³-hybridized carbons (Fsp3) is 0.818. The second-order valence-corrected chi connectivity index (χ2v) is 4.37. The van der Waals surface area contributed by atoms with E-state index in [1.54, 1.807) is 0 Å². The molecule has 1 rings (SSSR count). The second kappa shape index (κ2) is 6.56. The summed E-state index contributed by atoms with van der Waals surface area (Å²) in [7, 11) is 0. The molecule has 0 aromatic carbocycles. The van der Waals surface area contributed by atoms with Crippen molar-refractivity contribution in [2.75, 3.05) is 13.1 Å². The minimum atomic E-state index is -0.933. The number of aliphatic carboxylic acids is 1. The van der Waals surface area contributed by atoms with E-state index in [1.165, 1.54) is 4.90 Å². The lowest BCUT2D eigenvalue weighted by Crippen LogP contribution is -2.40. The Balaban J connectivity index is 2.34. The molecule has 6 nitrogen and oxygen atoms in total. The summed E-state index contributed by atoms with van der Waals surface area (Å²) in [5, 5.41) is 18.2. The van der Waals surface area contributed by atoms with Gasteiger partial charge in [-0.05, 0) is 25.7 Å². The number of carboxylic acid groups (broad SMARTS) is 1. The number of rotatable bonds is 6. The molecule has 1 amide bonds. The van der Waals surface area contributed by atoms with Crippen molar-refractivity contribution in [1.82, 2.24) is 4.90 Å². The number of aliphatic hydroxyl groups is 1. The van der Waals surface area contributed by atoms with E-state index < -0.39 is 18.1 Å². The first kappa shape index (κ1) is 13.9. The highest BCUT2D eigenvalue weighted by atomic mass is 16.4. The Labute approximate surface area is 100 Å². The zero-order valence-corrected chi connectivity index (χ0v) is 9.84. The molecule has 1 fully saturated rings. The van der Waals surface area contributed by atoms with Crippen LogP contribution in [0.4, 0.5) is 0 Å².